The van der Waals surface area contributed by atoms with E-state index in [1.807, 2.05) is 24.3 Å². The molecule has 52 heavy (non-hydrogen) atoms. The van der Waals surface area contributed by atoms with E-state index in [4.69, 9.17) is 33.0 Å². The first-order valence-corrected chi connectivity index (χ1v) is 17.4. The molecular weight excluding hydrogens is 714 g/mol. The highest BCUT2D eigenvalue weighted by atomic mass is 35.5. The number of aliphatic hydroxyl groups is 2. The van der Waals surface area contributed by atoms with Gasteiger partial charge < -0.3 is 30.7 Å². The summed E-state index contributed by atoms with van der Waals surface area (Å²) in [6.45, 7) is 0.841. The fourth-order valence-electron chi connectivity index (χ4n) is 6.27. The number of nitrogens with one attached hydrogen (secondary N) is 3. The lowest BCUT2D eigenvalue weighted by molar-refractivity contribution is -0.139. The van der Waals surface area contributed by atoms with Gasteiger partial charge in [-0.1, -0.05) is 59.6 Å². The Labute approximate surface area is 308 Å². The highest BCUT2D eigenvalue weighted by Crippen LogP contribution is 2.42. The van der Waals surface area contributed by atoms with Crippen LogP contribution in [0.5, 0.6) is 5.88 Å². The van der Waals surface area contributed by atoms with E-state index >= 15 is 4.39 Å². The van der Waals surface area contributed by atoms with Gasteiger partial charge in [-0.05, 0) is 30.5 Å². The van der Waals surface area contributed by atoms with Gasteiger partial charge in [0.25, 0.3) is 5.56 Å². The van der Waals surface area contributed by atoms with Crippen molar-refractivity contribution in [3.63, 3.8) is 0 Å². The number of carboxylic acids is 1. The molecule has 12 nitrogen and oxygen atoms in total. The number of aliphatic hydroxyl groups excluding tert-OH is 2. The average molecular weight is 752 g/mol. The van der Waals surface area contributed by atoms with Gasteiger partial charge in [0.2, 0.25) is 5.88 Å². The number of pyridine rings is 2. The van der Waals surface area contributed by atoms with Gasteiger partial charge in [-0.25, -0.2) is 14.4 Å². The average Bonchev–Trinajstić information content (AvgIpc) is 3.54. The van der Waals surface area contributed by atoms with E-state index in [1.165, 1.54) is 23.8 Å². The van der Waals surface area contributed by atoms with Crippen LogP contribution in [0, 0.1) is 5.82 Å². The van der Waals surface area contributed by atoms with Gasteiger partial charge in [0, 0.05) is 78.5 Å². The number of ether oxygens (including phenoxy) is 1. The predicted octanol–water partition coefficient (Wildman–Crippen LogP) is 4.63. The van der Waals surface area contributed by atoms with Crippen LogP contribution in [-0.2, 0) is 17.9 Å². The monoisotopic (exact) mass is 750 g/mol. The second kappa shape index (κ2) is 16.5. The molecule has 0 saturated carbocycles. The Morgan fingerprint density at radius 2 is 1.77 bits per heavy atom. The zero-order chi connectivity index (χ0) is 36.9. The van der Waals surface area contributed by atoms with Crippen LogP contribution >= 0.6 is 23.2 Å². The molecule has 0 spiro atoms. The van der Waals surface area contributed by atoms with Crippen LogP contribution in [0.2, 0.25) is 10.0 Å². The Morgan fingerprint density at radius 1 is 1.06 bits per heavy atom. The van der Waals surface area contributed by atoms with E-state index in [1.54, 1.807) is 30.5 Å². The van der Waals surface area contributed by atoms with Gasteiger partial charge in [0.05, 0.1) is 40.9 Å². The van der Waals surface area contributed by atoms with E-state index in [-0.39, 0.29) is 48.4 Å². The number of carbonyl (C=O) groups is 1. The lowest BCUT2D eigenvalue weighted by atomic mass is 9.97. The SMILES string of the molecule is COc1nc(-c2cccc(-c3cccc(-c4ccn5c(=O)c(CNC[C@@H](O)CC(=O)O)cnc5c4)c3Cl)c2Cl)cc(F)c1CNC[C@@H]1CCC(O)N1. The first-order valence-electron chi connectivity index (χ1n) is 16.6. The number of hydrogen-bond donors (Lipinski definition) is 6. The van der Waals surface area contributed by atoms with Crippen molar-refractivity contribution in [3.8, 4) is 39.4 Å². The minimum absolute atomic E-state index is 0.00680. The van der Waals surface area contributed by atoms with Crippen LogP contribution in [0.15, 0.2) is 71.8 Å². The van der Waals surface area contributed by atoms with Crippen LogP contribution < -0.4 is 26.2 Å². The Bertz CT molecular complexity index is 2170. The van der Waals surface area contributed by atoms with Crippen molar-refractivity contribution in [1.82, 2.24) is 30.3 Å². The summed E-state index contributed by atoms with van der Waals surface area (Å²) in [5, 5.41) is 38.2. The van der Waals surface area contributed by atoms with Gasteiger partial charge >= 0.3 is 5.97 Å². The first-order chi connectivity index (χ1) is 25.0. The zero-order valence-corrected chi connectivity index (χ0v) is 29.6. The molecule has 1 aliphatic rings. The molecule has 4 heterocycles. The van der Waals surface area contributed by atoms with Crippen LogP contribution in [0.25, 0.3) is 39.2 Å². The molecule has 272 valence electrons. The summed E-state index contributed by atoms with van der Waals surface area (Å²) >= 11 is 14.0. The number of hydrogen-bond acceptors (Lipinski definition) is 10. The second-order valence-corrected chi connectivity index (χ2v) is 13.3. The third kappa shape index (κ3) is 8.26. The zero-order valence-electron chi connectivity index (χ0n) is 28.1. The maximum atomic E-state index is 15.5. The molecule has 1 unspecified atom stereocenters. The van der Waals surface area contributed by atoms with Crippen molar-refractivity contribution in [1.29, 1.82) is 0 Å². The van der Waals surface area contributed by atoms with E-state index in [0.717, 1.165) is 6.42 Å². The van der Waals surface area contributed by atoms with Crippen LogP contribution in [0.4, 0.5) is 4.39 Å². The summed E-state index contributed by atoms with van der Waals surface area (Å²) < 4.78 is 22.4. The number of aromatic nitrogens is 3. The summed E-state index contributed by atoms with van der Waals surface area (Å²) in [6, 6.07) is 15.8. The molecule has 0 radical (unpaired) electrons. The molecule has 0 amide bonds. The molecule has 1 fully saturated rings. The highest BCUT2D eigenvalue weighted by molar-refractivity contribution is 6.39. The number of nitrogens with zero attached hydrogens (tertiary/aromatic N) is 3. The molecule has 2 aromatic carbocycles. The maximum absolute atomic E-state index is 15.5. The van der Waals surface area contributed by atoms with Crippen LogP contribution in [0.3, 0.4) is 0 Å². The molecule has 6 N–H and O–H groups in total. The summed E-state index contributed by atoms with van der Waals surface area (Å²) in [5.41, 5.74) is 4.06. The third-order valence-electron chi connectivity index (χ3n) is 8.90. The van der Waals surface area contributed by atoms with E-state index in [9.17, 15) is 19.8 Å². The normalized spacial score (nSPS) is 16.3. The highest BCUT2D eigenvalue weighted by Gasteiger charge is 2.23. The molecule has 3 aromatic heterocycles. The summed E-state index contributed by atoms with van der Waals surface area (Å²) in [5.74, 6) is -1.49. The van der Waals surface area contributed by atoms with E-state index in [2.05, 4.69) is 25.9 Å². The Hall–Kier alpha value is -4.47. The van der Waals surface area contributed by atoms with Crippen LogP contribution in [0.1, 0.15) is 30.4 Å². The van der Waals surface area contributed by atoms with Crippen molar-refractivity contribution in [2.24, 2.45) is 0 Å². The van der Waals surface area contributed by atoms with Crippen LogP contribution in [-0.4, -0.2) is 74.2 Å². The molecule has 0 aliphatic carbocycles. The van der Waals surface area contributed by atoms with E-state index in [0.29, 0.717) is 62.0 Å². The molecule has 6 rings (SSSR count). The smallest absolute Gasteiger partial charge is 0.306 e. The number of fused-ring (bicyclic) bond motifs is 1. The molecule has 3 atom stereocenters. The number of methoxy groups -OCH3 is 1. The second-order valence-electron chi connectivity index (χ2n) is 12.5. The van der Waals surface area contributed by atoms with Gasteiger partial charge in [-0.2, -0.15) is 0 Å². The Kier molecular flexibility index (Phi) is 11.8. The molecule has 15 heteroatoms. The minimum Gasteiger partial charge on any atom is -0.481 e. The lowest BCUT2D eigenvalue weighted by Crippen LogP contribution is -2.37. The number of rotatable bonds is 14. The molecule has 1 aliphatic heterocycles. The fraction of sp³-hybridized carbons (Fsp3) is 0.297. The minimum atomic E-state index is -1.11. The summed E-state index contributed by atoms with van der Waals surface area (Å²) in [4.78, 5) is 33.0. The van der Waals surface area contributed by atoms with Gasteiger partial charge in [-0.15, -0.1) is 0 Å². The Balaban J connectivity index is 1.24. The largest absolute Gasteiger partial charge is 0.481 e. The van der Waals surface area contributed by atoms with Gasteiger partial charge in [0.1, 0.15) is 17.7 Å². The number of benzene rings is 2. The van der Waals surface area contributed by atoms with Crippen molar-refractivity contribution in [3.05, 3.63) is 104 Å². The molecule has 0 bridgehead atoms. The van der Waals surface area contributed by atoms with Gasteiger partial charge in [0.15, 0.2) is 0 Å². The third-order valence-corrected chi connectivity index (χ3v) is 9.71. The standard InChI is InChI=1S/C37H37Cl2FN6O6/c1-52-36-28(19-42-17-22-8-9-32(48)44-22)29(40)14-30(45-36)27-7-3-6-26(35(27)39)25-5-2-4-24(34(25)38)20-10-11-46-31(12-20)43-16-21(37(46)51)15-41-18-23(47)13-33(49)50/h2-7,10-12,14,16,22-23,32,41-42,44,47-48H,8-9,13,15,17-19H2,1H3,(H,49,50)/t22-,23-,32?/m0/s1. The fourth-order valence-corrected chi connectivity index (χ4v) is 6.93. The molecule has 5 aromatic rings. The molecular formula is C37H37Cl2FN6O6. The number of aliphatic carboxylic acids is 1. The Morgan fingerprint density at radius 3 is 2.46 bits per heavy atom. The van der Waals surface area contributed by atoms with Crippen molar-refractivity contribution in [2.75, 3.05) is 20.2 Å². The summed E-state index contributed by atoms with van der Waals surface area (Å²) in [7, 11) is 1.43. The maximum Gasteiger partial charge on any atom is 0.306 e. The van der Waals surface area contributed by atoms with Crippen molar-refractivity contribution < 1.29 is 29.2 Å². The topological polar surface area (TPSA) is 170 Å². The van der Waals surface area contributed by atoms with Gasteiger partial charge in [-0.3, -0.25) is 19.3 Å². The number of halogens is 3. The molecule has 1 saturated heterocycles. The quantitative estimate of drug-likeness (QED) is 0.0936. The van der Waals surface area contributed by atoms with E-state index < -0.39 is 30.5 Å². The first kappa shape index (κ1) is 37.3. The lowest BCUT2D eigenvalue weighted by Gasteiger charge is -2.16. The predicted molar refractivity (Wildman–Crippen MR) is 196 cm³/mol. The van der Waals surface area contributed by atoms with Crippen molar-refractivity contribution >= 4 is 34.8 Å². The van der Waals surface area contributed by atoms with Crippen molar-refractivity contribution in [2.45, 2.75) is 50.7 Å². The summed E-state index contributed by atoms with van der Waals surface area (Å²) in [6.07, 6.45) is 2.52. The number of carboxylic acid groups (broad SMARTS) is 1.